The van der Waals surface area contributed by atoms with Crippen molar-refractivity contribution < 1.29 is 9.90 Å². The molecular formula is C10H19NO2. The molecule has 0 heterocycles. The fourth-order valence-corrected chi connectivity index (χ4v) is 0.869. The standard InChI is InChI=1S/C10H19NO2/c1-8(2)7-11-6-4-5-9(3)10(12)13/h5,8,11H,4,6-7H2,1-3H3,(H,12,13). The molecule has 3 nitrogen and oxygen atoms in total. The molecule has 0 radical (unpaired) electrons. The minimum absolute atomic E-state index is 0.423. The Bertz CT molecular complexity index is 185. The van der Waals surface area contributed by atoms with Crippen molar-refractivity contribution in [3.63, 3.8) is 0 Å². The third-order valence-corrected chi connectivity index (χ3v) is 1.66. The first-order chi connectivity index (χ1) is 6.04. The minimum atomic E-state index is -0.830. The second-order valence-corrected chi connectivity index (χ2v) is 3.58. The van der Waals surface area contributed by atoms with E-state index in [0.717, 1.165) is 19.5 Å². The first-order valence-electron chi connectivity index (χ1n) is 4.64. The van der Waals surface area contributed by atoms with E-state index in [1.165, 1.54) is 0 Å². The average molecular weight is 185 g/mol. The number of rotatable bonds is 6. The lowest BCUT2D eigenvalue weighted by Crippen LogP contribution is -2.20. The van der Waals surface area contributed by atoms with Crippen LogP contribution in [0, 0.1) is 5.92 Å². The van der Waals surface area contributed by atoms with Crippen molar-refractivity contribution in [1.29, 1.82) is 0 Å². The van der Waals surface area contributed by atoms with Crippen LogP contribution in [-0.2, 0) is 4.79 Å². The van der Waals surface area contributed by atoms with Crippen LogP contribution in [0.25, 0.3) is 0 Å². The molecule has 0 aliphatic carbocycles. The Morgan fingerprint density at radius 2 is 2.15 bits per heavy atom. The number of carbonyl (C=O) groups is 1. The van der Waals surface area contributed by atoms with Crippen LogP contribution in [0.15, 0.2) is 11.6 Å². The number of aliphatic carboxylic acids is 1. The molecule has 2 N–H and O–H groups in total. The van der Waals surface area contributed by atoms with E-state index in [-0.39, 0.29) is 0 Å². The fourth-order valence-electron chi connectivity index (χ4n) is 0.869. The van der Waals surface area contributed by atoms with Gasteiger partial charge in [-0.2, -0.15) is 0 Å². The third kappa shape index (κ3) is 7.53. The van der Waals surface area contributed by atoms with E-state index < -0.39 is 5.97 Å². The van der Waals surface area contributed by atoms with E-state index in [9.17, 15) is 4.79 Å². The van der Waals surface area contributed by atoms with Crippen LogP contribution in [0.4, 0.5) is 0 Å². The lowest BCUT2D eigenvalue weighted by molar-refractivity contribution is -0.132. The molecule has 0 spiro atoms. The Morgan fingerprint density at radius 1 is 1.54 bits per heavy atom. The topological polar surface area (TPSA) is 49.3 Å². The van der Waals surface area contributed by atoms with Gasteiger partial charge in [-0.3, -0.25) is 0 Å². The second kappa shape index (κ2) is 6.66. The van der Waals surface area contributed by atoms with Crippen molar-refractivity contribution in [2.45, 2.75) is 27.2 Å². The summed E-state index contributed by atoms with van der Waals surface area (Å²) in [7, 11) is 0. The minimum Gasteiger partial charge on any atom is -0.478 e. The molecule has 0 atom stereocenters. The van der Waals surface area contributed by atoms with E-state index in [1.54, 1.807) is 13.0 Å². The zero-order valence-electron chi connectivity index (χ0n) is 8.63. The third-order valence-electron chi connectivity index (χ3n) is 1.66. The van der Waals surface area contributed by atoms with Crippen LogP contribution in [0.5, 0.6) is 0 Å². The summed E-state index contributed by atoms with van der Waals surface area (Å²) in [6, 6.07) is 0. The number of hydrogen-bond acceptors (Lipinski definition) is 2. The number of carboxylic acids is 1. The molecule has 0 aromatic rings. The van der Waals surface area contributed by atoms with Gasteiger partial charge in [-0.15, -0.1) is 0 Å². The molecule has 0 amide bonds. The monoisotopic (exact) mass is 185 g/mol. The predicted octanol–water partition coefficient (Wildman–Crippen LogP) is 1.65. The van der Waals surface area contributed by atoms with E-state index in [2.05, 4.69) is 19.2 Å². The highest BCUT2D eigenvalue weighted by Crippen LogP contribution is 1.94. The highest BCUT2D eigenvalue weighted by molar-refractivity contribution is 5.85. The molecule has 0 unspecified atom stereocenters. The second-order valence-electron chi connectivity index (χ2n) is 3.58. The average Bonchev–Trinajstić information content (AvgIpc) is 2.02. The quantitative estimate of drug-likeness (QED) is 0.488. The smallest absolute Gasteiger partial charge is 0.330 e. The van der Waals surface area contributed by atoms with Crippen molar-refractivity contribution in [1.82, 2.24) is 5.32 Å². The van der Waals surface area contributed by atoms with Crippen LogP contribution in [0.1, 0.15) is 27.2 Å². The van der Waals surface area contributed by atoms with Gasteiger partial charge in [0.25, 0.3) is 0 Å². The summed E-state index contributed by atoms with van der Waals surface area (Å²) in [6.45, 7) is 7.74. The van der Waals surface area contributed by atoms with Gasteiger partial charge >= 0.3 is 5.97 Å². The van der Waals surface area contributed by atoms with Crippen LogP contribution in [-0.4, -0.2) is 24.2 Å². The maximum absolute atomic E-state index is 10.4. The summed E-state index contributed by atoms with van der Waals surface area (Å²) in [5.41, 5.74) is 0.423. The van der Waals surface area contributed by atoms with Gasteiger partial charge in [0.05, 0.1) is 0 Å². The largest absolute Gasteiger partial charge is 0.478 e. The van der Waals surface area contributed by atoms with Crippen molar-refractivity contribution in [3.8, 4) is 0 Å². The molecule has 13 heavy (non-hydrogen) atoms. The fraction of sp³-hybridized carbons (Fsp3) is 0.700. The summed E-state index contributed by atoms with van der Waals surface area (Å²) in [4.78, 5) is 10.4. The Labute approximate surface area is 79.8 Å². The molecule has 0 fully saturated rings. The van der Waals surface area contributed by atoms with Crippen LogP contribution in [0.2, 0.25) is 0 Å². The Morgan fingerprint density at radius 3 is 2.62 bits per heavy atom. The van der Waals surface area contributed by atoms with Gasteiger partial charge in [-0.25, -0.2) is 4.79 Å². The molecular weight excluding hydrogens is 166 g/mol. The summed E-state index contributed by atoms with van der Waals surface area (Å²) >= 11 is 0. The summed E-state index contributed by atoms with van der Waals surface area (Å²) in [6.07, 6.45) is 2.53. The van der Waals surface area contributed by atoms with Crippen molar-refractivity contribution in [2.24, 2.45) is 5.92 Å². The Kier molecular flexibility index (Phi) is 6.24. The number of carboxylic acid groups (broad SMARTS) is 1. The lowest BCUT2D eigenvalue weighted by atomic mass is 10.2. The van der Waals surface area contributed by atoms with Gasteiger partial charge in [-0.05, 0) is 32.4 Å². The van der Waals surface area contributed by atoms with Gasteiger partial charge in [0.1, 0.15) is 0 Å². The lowest BCUT2D eigenvalue weighted by Gasteiger charge is -2.05. The van der Waals surface area contributed by atoms with E-state index in [1.807, 2.05) is 0 Å². The first kappa shape index (κ1) is 12.2. The van der Waals surface area contributed by atoms with Gasteiger partial charge in [0.2, 0.25) is 0 Å². The highest BCUT2D eigenvalue weighted by Gasteiger charge is 1.97. The zero-order chi connectivity index (χ0) is 10.3. The molecule has 0 saturated heterocycles. The van der Waals surface area contributed by atoms with Crippen molar-refractivity contribution >= 4 is 5.97 Å². The van der Waals surface area contributed by atoms with E-state index in [0.29, 0.717) is 11.5 Å². The molecule has 0 aromatic heterocycles. The van der Waals surface area contributed by atoms with Gasteiger partial charge < -0.3 is 10.4 Å². The normalized spacial score (nSPS) is 12.2. The Hall–Kier alpha value is -0.830. The molecule has 76 valence electrons. The van der Waals surface area contributed by atoms with E-state index in [4.69, 9.17) is 5.11 Å². The summed E-state index contributed by atoms with van der Waals surface area (Å²) in [5.74, 6) is -0.187. The SMILES string of the molecule is CC(=CCCNCC(C)C)C(=O)O. The molecule has 0 bridgehead atoms. The molecule has 3 heteroatoms. The molecule has 0 aromatic carbocycles. The maximum Gasteiger partial charge on any atom is 0.330 e. The van der Waals surface area contributed by atoms with Crippen LogP contribution in [0.3, 0.4) is 0 Å². The highest BCUT2D eigenvalue weighted by atomic mass is 16.4. The maximum atomic E-state index is 10.4. The summed E-state index contributed by atoms with van der Waals surface area (Å²) < 4.78 is 0. The number of hydrogen-bond donors (Lipinski definition) is 2. The Balaban J connectivity index is 3.45. The molecule has 0 rings (SSSR count). The van der Waals surface area contributed by atoms with Crippen LogP contribution < -0.4 is 5.32 Å². The van der Waals surface area contributed by atoms with Gasteiger partial charge in [-0.1, -0.05) is 19.9 Å². The van der Waals surface area contributed by atoms with Crippen molar-refractivity contribution in [2.75, 3.05) is 13.1 Å². The van der Waals surface area contributed by atoms with Gasteiger partial charge in [0, 0.05) is 5.57 Å². The van der Waals surface area contributed by atoms with E-state index >= 15 is 0 Å². The van der Waals surface area contributed by atoms with Gasteiger partial charge in [0.15, 0.2) is 0 Å². The van der Waals surface area contributed by atoms with Crippen LogP contribution >= 0.6 is 0 Å². The number of nitrogens with one attached hydrogen (secondary N) is 1. The molecule has 0 saturated carbocycles. The summed E-state index contributed by atoms with van der Waals surface area (Å²) in [5, 5.41) is 11.8. The first-order valence-corrected chi connectivity index (χ1v) is 4.64. The predicted molar refractivity (Wildman–Crippen MR) is 53.7 cm³/mol. The molecule has 0 aliphatic rings. The van der Waals surface area contributed by atoms with Crippen molar-refractivity contribution in [3.05, 3.63) is 11.6 Å². The zero-order valence-corrected chi connectivity index (χ0v) is 8.63. The molecule has 0 aliphatic heterocycles.